The van der Waals surface area contributed by atoms with Crippen LogP contribution in [0.25, 0.3) is 0 Å². The third-order valence-corrected chi connectivity index (χ3v) is 3.95. The molecule has 1 amide bonds. The zero-order valence-corrected chi connectivity index (χ0v) is 13.9. The molecule has 0 saturated carbocycles. The van der Waals surface area contributed by atoms with Gasteiger partial charge >= 0.3 is 5.97 Å². The van der Waals surface area contributed by atoms with Gasteiger partial charge in [-0.05, 0) is 23.6 Å². The summed E-state index contributed by atoms with van der Waals surface area (Å²) >= 11 is 0. The maximum absolute atomic E-state index is 12.4. The number of carbonyl (C=O) groups excluding carboxylic acids is 1. The van der Waals surface area contributed by atoms with Crippen molar-refractivity contribution in [2.45, 2.75) is 19.9 Å². The maximum atomic E-state index is 12.4. The number of rotatable bonds is 5. The number of hydrogen-bond donors (Lipinski definition) is 2. The molecule has 0 aliphatic carbocycles. The van der Waals surface area contributed by atoms with E-state index in [4.69, 9.17) is 19.0 Å². The Hall–Kier alpha value is -2.96. The Morgan fingerprint density at radius 2 is 1.84 bits per heavy atom. The number of aromatic carboxylic acids is 1. The minimum Gasteiger partial charge on any atom is -0.486 e. The topological polar surface area (TPSA) is 98.0 Å². The number of benzene rings is 1. The Balaban J connectivity index is 1.81. The van der Waals surface area contributed by atoms with Crippen molar-refractivity contribution in [2.24, 2.45) is 5.92 Å². The Kier molecular flexibility index (Phi) is 4.65. The number of hydrogen-bond acceptors (Lipinski definition) is 5. The van der Waals surface area contributed by atoms with Crippen molar-refractivity contribution in [3.05, 3.63) is 47.4 Å². The minimum atomic E-state index is -1.14. The summed E-state index contributed by atoms with van der Waals surface area (Å²) in [5.41, 5.74) is 0.809. The Morgan fingerprint density at radius 1 is 1.12 bits per heavy atom. The van der Waals surface area contributed by atoms with Gasteiger partial charge in [0, 0.05) is 6.07 Å². The Morgan fingerprint density at radius 3 is 2.48 bits per heavy atom. The van der Waals surface area contributed by atoms with Gasteiger partial charge in [0.25, 0.3) is 5.91 Å². The van der Waals surface area contributed by atoms with Crippen LogP contribution in [0.5, 0.6) is 11.5 Å². The first-order chi connectivity index (χ1) is 12.0. The average molecular weight is 345 g/mol. The summed E-state index contributed by atoms with van der Waals surface area (Å²) in [6, 6.07) is 6.47. The monoisotopic (exact) mass is 345 g/mol. The van der Waals surface area contributed by atoms with Gasteiger partial charge in [0.2, 0.25) is 0 Å². The molecule has 7 nitrogen and oxygen atoms in total. The predicted molar refractivity (Wildman–Crippen MR) is 88.1 cm³/mol. The van der Waals surface area contributed by atoms with Crippen LogP contribution in [-0.2, 0) is 0 Å². The molecule has 7 heteroatoms. The van der Waals surface area contributed by atoms with Gasteiger partial charge < -0.3 is 24.3 Å². The standard InChI is InChI=1S/C18H19NO6/c1-10(2)16(11-3-4-13-14(7-11)24-6-5-23-13)19-17(20)15-8-12(9-25-15)18(21)22/h3-4,7-10,16H,5-6H2,1-2H3,(H,19,20)(H,21,22). The van der Waals surface area contributed by atoms with E-state index in [-0.39, 0.29) is 23.3 Å². The van der Waals surface area contributed by atoms with Crippen LogP contribution < -0.4 is 14.8 Å². The molecule has 2 aromatic rings. The highest BCUT2D eigenvalue weighted by atomic mass is 16.6. The van der Waals surface area contributed by atoms with E-state index < -0.39 is 11.9 Å². The lowest BCUT2D eigenvalue weighted by Gasteiger charge is -2.25. The molecular weight excluding hydrogens is 326 g/mol. The van der Waals surface area contributed by atoms with E-state index in [0.717, 1.165) is 11.8 Å². The summed E-state index contributed by atoms with van der Waals surface area (Å²) in [6.07, 6.45) is 1.05. The van der Waals surface area contributed by atoms with Gasteiger partial charge in [-0.1, -0.05) is 19.9 Å². The Bertz CT molecular complexity index is 795. The first-order valence-corrected chi connectivity index (χ1v) is 7.98. The molecule has 132 valence electrons. The predicted octanol–water partition coefficient (Wildman–Crippen LogP) is 2.88. The molecule has 3 rings (SSSR count). The normalized spacial score (nSPS) is 14.2. The lowest BCUT2D eigenvalue weighted by molar-refractivity contribution is 0.0695. The number of carboxylic acids is 1. The first-order valence-electron chi connectivity index (χ1n) is 7.98. The summed E-state index contributed by atoms with van der Waals surface area (Å²) in [6.45, 7) is 4.96. The Labute approximate surface area is 144 Å². The van der Waals surface area contributed by atoms with E-state index in [1.165, 1.54) is 6.07 Å². The molecule has 25 heavy (non-hydrogen) atoms. The number of amides is 1. The van der Waals surface area contributed by atoms with Crippen LogP contribution in [-0.4, -0.2) is 30.2 Å². The minimum absolute atomic E-state index is 0.0411. The van der Waals surface area contributed by atoms with E-state index in [1.54, 1.807) is 0 Å². The van der Waals surface area contributed by atoms with Crippen LogP contribution in [0.3, 0.4) is 0 Å². The van der Waals surface area contributed by atoms with Gasteiger partial charge in [0.15, 0.2) is 17.3 Å². The van der Waals surface area contributed by atoms with E-state index in [2.05, 4.69) is 5.32 Å². The van der Waals surface area contributed by atoms with Gasteiger partial charge in [-0.15, -0.1) is 0 Å². The summed E-state index contributed by atoms with van der Waals surface area (Å²) in [5, 5.41) is 11.8. The lowest BCUT2D eigenvalue weighted by atomic mass is 9.95. The second kappa shape index (κ2) is 6.88. The van der Waals surface area contributed by atoms with Crippen molar-refractivity contribution in [3.63, 3.8) is 0 Å². The van der Waals surface area contributed by atoms with Crippen molar-refractivity contribution in [3.8, 4) is 11.5 Å². The van der Waals surface area contributed by atoms with Crippen LogP contribution in [0.2, 0.25) is 0 Å². The van der Waals surface area contributed by atoms with Crippen molar-refractivity contribution in [1.29, 1.82) is 0 Å². The van der Waals surface area contributed by atoms with Crippen LogP contribution >= 0.6 is 0 Å². The number of carbonyl (C=O) groups is 2. The molecule has 0 spiro atoms. The number of carboxylic acid groups (broad SMARTS) is 1. The fourth-order valence-electron chi connectivity index (χ4n) is 2.67. The molecule has 1 atom stereocenters. The third-order valence-electron chi connectivity index (χ3n) is 3.95. The van der Waals surface area contributed by atoms with E-state index in [1.807, 2.05) is 32.0 Å². The van der Waals surface area contributed by atoms with Crippen LogP contribution in [0.15, 0.2) is 34.9 Å². The van der Waals surface area contributed by atoms with E-state index >= 15 is 0 Å². The van der Waals surface area contributed by atoms with Gasteiger partial charge in [-0.25, -0.2) is 4.79 Å². The van der Waals surface area contributed by atoms with Crippen molar-refractivity contribution >= 4 is 11.9 Å². The summed E-state index contributed by atoms with van der Waals surface area (Å²) < 4.78 is 16.2. The molecule has 1 unspecified atom stereocenters. The van der Waals surface area contributed by atoms with Gasteiger partial charge in [-0.3, -0.25) is 4.79 Å². The number of nitrogens with one attached hydrogen (secondary N) is 1. The zero-order valence-electron chi connectivity index (χ0n) is 13.9. The number of furan rings is 1. The van der Waals surface area contributed by atoms with Crippen molar-refractivity contribution in [2.75, 3.05) is 13.2 Å². The quantitative estimate of drug-likeness (QED) is 0.865. The molecular formula is C18H19NO6. The fourth-order valence-corrected chi connectivity index (χ4v) is 2.67. The molecule has 1 aromatic heterocycles. The van der Waals surface area contributed by atoms with Crippen LogP contribution in [0, 0.1) is 5.92 Å². The molecule has 2 N–H and O–H groups in total. The van der Waals surface area contributed by atoms with Crippen molar-refractivity contribution in [1.82, 2.24) is 5.32 Å². The van der Waals surface area contributed by atoms with Gasteiger partial charge in [0.05, 0.1) is 11.6 Å². The average Bonchev–Trinajstić information content (AvgIpc) is 3.09. The molecule has 0 bridgehead atoms. The highest BCUT2D eigenvalue weighted by Gasteiger charge is 2.23. The molecule has 0 saturated heterocycles. The van der Waals surface area contributed by atoms with E-state index in [0.29, 0.717) is 24.7 Å². The molecule has 1 aromatic carbocycles. The van der Waals surface area contributed by atoms with Crippen LogP contribution in [0.1, 0.15) is 46.4 Å². The molecule has 0 fully saturated rings. The molecule has 1 aliphatic rings. The van der Waals surface area contributed by atoms with Gasteiger partial charge in [0.1, 0.15) is 19.5 Å². The molecule has 1 aliphatic heterocycles. The van der Waals surface area contributed by atoms with E-state index in [9.17, 15) is 9.59 Å². The maximum Gasteiger partial charge on any atom is 0.338 e. The lowest BCUT2D eigenvalue weighted by Crippen LogP contribution is -2.31. The summed E-state index contributed by atoms with van der Waals surface area (Å²) in [5.74, 6) is -0.229. The third kappa shape index (κ3) is 3.60. The smallest absolute Gasteiger partial charge is 0.338 e. The fraction of sp³-hybridized carbons (Fsp3) is 0.333. The SMILES string of the molecule is CC(C)C(NC(=O)c1cc(C(=O)O)co1)c1ccc2c(c1)OCCO2. The van der Waals surface area contributed by atoms with Gasteiger partial charge in [-0.2, -0.15) is 0 Å². The zero-order chi connectivity index (χ0) is 18.0. The second-order valence-corrected chi connectivity index (χ2v) is 6.10. The van der Waals surface area contributed by atoms with Crippen LogP contribution in [0.4, 0.5) is 0 Å². The first kappa shape index (κ1) is 16.9. The highest BCUT2D eigenvalue weighted by Crippen LogP contribution is 2.34. The molecule has 2 heterocycles. The highest BCUT2D eigenvalue weighted by molar-refractivity contribution is 5.95. The largest absolute Gasteiger partial charge is 0.486 e. The van der Waals surface area contributed by atoms with Crippen molar-refractivity contribution < 1.29 is 28.6 Å². The number of ether oxygens (including phenoxy) is 2. The summed E-state index contributed by atoms with van der Waals surface area (Å²) in [4.78, 5) is 23.3. The second-order valence-electron chi connectivity index (χ2n) is 6.10. The molecule has 0 radical (unpaired) electrons. The summed E-state index contributed by atoms with van der Waals surface area (Å²) in [7, 11) is 0. The number of fused-ring (bicyclic) bond motifs is 1.